The number of hydrogen-bond donors (Lipinski definition) is 2. The van der Waals surface area contributed by atoms with Gasteiger partial charge in [0.25, 0.3) is 0 Å². The van der Waals surface area contributed by atoms with Crippen molar-refractivity contribution in [3.05, 3.63) is 11.7 Å². The molecule has 0 saturated carbocycles. The van der Waals surface area contributed by atoms with Gasteiger partial charge in [0.05, 0.1) is 19.8 Å². The van der Waals surface area contributed by atoms with Gasteiger partial charge in [-0.3, -0.25) is 4.90 Å². The van der Waals surface area contributed by atoms with Gasteiger partial charge >= 0.3 is 0 Å². The lowest BCUT2D eigenvalue weighted by Crippen LogP contribution is -2.29. The van der Waals surface area contributed by atoms with Crippen LogP contribution in [0.1, 0.15) is 32.5 Å². The third-order valence-corrected chi connectivity index (χ3v) is 2.33. The van der Waals surface area contributed by atoms with E-state index in [4.69, 9.17) is 14.7 Å². The zero-order chi connectivity index (χ0) is 12.9. The molecule has 6 heteroatoms. The van der Waals surface area contributed by atoms with Crippen LogP contribution in [-0.2, 0) is 12.0 Å². The number of hydrogen-bond acceptors (Lipinski definition) is 6. The van der Waals surface area contributed by atoms with E-state index in [0.29, 0.717) is 31.3 Å². The predicted octanol–water partition coefficient (Wildman–Crippen LogP) is 0.154. The smallest absolute Gasteiger partial charge is 0.240 e. The first-order valence-electron chi connectivity index (χ1n) is 5.74. The summed E-state index contributed by atoms with van der Waals surface area (Å²) in [5.74, 6) is 1.18. The predicted molar refractivity (Wildman–Crippen MR) is 62.4 cm³/mol. The average Bonchev–Trinajstić information content (AvgIpc) is 2.66. The number of nitrogens with zero attached hydrogens (tertiary/aromatic N) is 3. The van der Waals surface area contributed by atoms with Gasteiger partial charge in [-0.2, -0.15) is 4.98 Å². The molecule has 0 bridgehead atoms. The van der Waals surface area contributed by atoms with Crippen molar-refractivity contribution in [3.8, 4) is 0 Å². The first kappa shape index (κ1) is 14.1. The number of rotatable bonds is 6. The SMILES string of the molecule is CC(C)(C)c1noc(CN(CCO)CCO)n1. The largest absolute Gasteiger partial charge is 0.395 e. The highest BCUT2D eigenvalue weighted by Gasteiger charge is 2.21. The highest BCUT2D eigenvalue weighted by Crippen LogP contribution is 2.18. The molecule has 0 aromatic carbocycles. The summed E-state index contributed by atoms with van der Waals surface area (Å²) >= 11 is 0. The molecule has 0 fully saturated rings. The van der Waals surface area contributed by atoms with Gasteiger partial charge in [-0.25, -0.2) is 0 Å². The van der Waals surface area contributed by atoms with Crippen LogP contribution in [0.15, 0.2) is 4.52 Å². The molecule has 0 amide bonds. The van der Waals surface area contributed by atoms with Gasteiger partial charge in [0.15, 0.2) is 5.82 Å². The summed E-state index contributed by atoms with van der Waals surface area (Å²) < 4.78 is 5.15. The van der Waals surface area contributed by atoms with Crippen LogP contribution in [0.3, 0.4) is 0 Å². The standard InChI is InChI=1S/C11H21N3O3/c1-11(2,3)10-12-9(17-13-10)8-14(4-6-15)5-7-16/h15-16H,4-8H2,1-3H3. The molecule has 6 nitrogen and oxygen atoms in total. The van der Waals surface area contributed by atoms with Gasteiger partial charge < -0.3 is 14.7 Å². The molecule has 1 aromatic heterocycles. The molecule has 17 heavy (non-hydrogen) atoms. The lowest BCUT2D eigenvalue weighted by molar-refractivity contribution is 0.143. The topological polar surface area (TPSA) is 82.6 Å². The Hall–Kier alpha value is -0.980. The van der Waals surface area contributed by atoms with Crippen molar-refractivity contribution in [2.24, 2.45) is 0 Å². The fourth-order valence-corrected chi connectivity index (χ4v) is 1.37. The maximum absolute atomic E-state index is 8.89. The molecule has 98 valence electrons. The van der Waals surface area contributed by atoms with Crippen LogP contribution in [0.2, 0.25) is 0 Å². The van der Waals surface area contributed by atoms with E-state index in [2.05, 4.69) is 10.1 Å². The fourth-order valence-electron chi connectivity index (χ4n) is 1.37. The molecule has 0 saturated heterocycles. The number of aromatic nitrogens is 2. The molecule has 0 aliphatic carbocycles. The molecule has 0 spiro atoms. The van der Waals surface area contributed by atoms with E-state index >= 15 is 0 Å². The molecular formula is C11H21N3O3. The minimum atomic E-state index is -0.138. The second-order valence-corrected chi connectivity index (χ2v) is 4.99. The summed E-state index contributed by atoms with van der Waals surface area (Å²) in [6.45, 7) is 7.54. The van der Waals surface area contributed by atoms with Crippen LogP contribution in [0.25, 0.3) is 0 Å². The summed E-state index contributed by atoms with van der Waals surface area (Å²) in [5, 5.41) is 21.7. The quantitative estimate of drug-likeness (QED) is 0.740. The van der Waals surface area contributed by atoms with Crippen LogP contribution < -0.4 is 0 Å². The molecule has 1 rings (SSSR count). The van der Waals surface area contributed by atoms with Crippen molar-refractivity contribution in [2.45, 2.75) is 32.7 Å². The Morgan fingerprint density at radius 2 is 1.76 bits per heavy atom. The Morgan fingerprint density at radius 3 is 2.18 bits per heavy atom. The first-order valence-corrected chi connectivity index (χ1v) is 5.74. The number of aliphatic hydroxyl groups excluding tert-OH is 2. The molecular weight excluding hydrogens is 222 g/mol. The molecule has 0 radical (unpaired) electrons. The maximum atomic E-state index is 8.89. The van der Waals surface area contributed by atoms with E-state index < -0.39 is 0 Å². The van der Waals surface area contributed by atoms with Crippen molar-refractivity contribution >= 4 is 0 Å². The second-order valence-electron chi connectivity index (χ2n) is 4.99. The molecule has 0 aliphatic rings. The summed E-state index contributed by atoms with van der Waals surface area (Å²) in [5.41, 5.74) is -0.138. The van der Waals surface area contributed by atoms with Crippen LogP contribution in [-0.4, -0.2) is 51.6 Å². The van der Waals surface area contributed by atoms with Crippen LogP contribution >= 0.6 is 0 Å². The molecule has 2 N–H and O–H groups in total. The second kappa shape index (κ2) is 6.09. The molecule has 0 unspecified atom stereocenters. The van der Waals surface area contributed by atoms with Gasteiger partial charge in [0, 0.05) is 18.5 Å². The summed E-state index contributed by atoms with van der Waals surface area (Å²) in [4.78, 5) is 6.16. The zero-order valence-electron chi connectivity index (χ0n) is 10.7. The van der Waals surface area contributed by atoms with Crippen molar-refractivity contribution in [1.82, 2.24) is 15.0 Å². The van der Waals surface area contributed by atoms with Gasteiger partial charge in [-0.1, -0.05) is 25.9 Å². The lowest BCUT2D eigenvalue weighted by Gasteiger charge is -2.17. The Morgan fingerprint density at radius 1 is 1.18 bits per heavy atom. The molecule has 1 aromatic rings. The molecule has 0 aliphatic heterocycles. The third kappa shape index (κ3) is 4.41. The van der Waals surface area contributed by atoms with Crippen molar-refractivity contribution in [3.63, 3.8) is 0 Å². The van der Waals surface area contributed by atoms with E-state index in [0.717, 1.165) is 0 Å². The minimum Gasteiger partial charge on any atom is -0.395 e. The Labute approximate surface area is 101 Å². The first-order chi connectivity index (χ1) is 7.97. The van der Waals surface area contributed by atoms with E-state index in [1.165, 1.54) is 0 Å². The normalized spacial score (nSPS) is 12.4. The Kier molecular flexibility index (Phi) is 5.04. The van der Waals surface area contributed by atoms with Crippen molar-refractivity contribution in [1.29, 1.82) is 0 Å². The summed E-state index contributed by atoms with van der Waals surface area (Å²) in [6, 6.07) is 0. The zero-order valence-corrected chi connectivity index (χ0v) is 10.7. The van der Waals surface area contributed by atoms with Gasteiger partial charge in [0.2, 0.25) is 5.89 Å². The lowest BCUT2D eigenvalue weighted by atomic mass is 9.96. The third-order valence-electron chi connectivity index (χ3n) is 2.33. The van der Waals surface area contributed by atoms with Crippen LogP contribution in [0.5, 0.6) is 0 Å². The highest BCUT2D eigenvalue weighted by atomic mass is 16.5. The highest BCUT2D eigenvalue weighted by molar-refractivity contribution is 4.99. The Bertz CT molecular complexity index is 327. The van der Waals surface area contributed by atoms with E-state index in [-0.39, 0.29) is 18.6 Å². The monoisotopic (exact) mass is 243 g/mol. The summed E-state index contributed by atoms with van der Waals surface area (Å²) in [6.07, 6.45) is 0. The van der Waals surface area contributed by atoms with Gasteiger partial charge in [-0.15, -0.1) is 0 Å². The number of aliphatic hydroxyl groups is 2. The van der Waals surface area contributed by atoms with Crippen molar-refractivity contribution in [2.75, 3.05) is 26.3 Å². The van der Waals surface area contributed by atoms with E-state index in [1.54, 1.807) is 0 Å². The van der Waals surface area contributed by atoms with Gasteiger partial charge in [0.1, 0.15) is 0 Å². The summed E-state index contributed by atoms with van der Waals surface area (Å²) in [7, 11) is 0. The fraction of sp³-hybridized carbons (Fsp3) is 0.818. The Balaban J connectivity index is 2.63. The van der Waals surface area contributed by atoms with Gasteiger partial charge in [-0.05, 0) is 0 Å². The minimum absolute atomic E-state index is 0.0419. The molecule has 1 heterocycles. The van der Waals surface area contributed by atoms with E-state index in [1.807, 2.05) is 25.7 Å². The molecule has 0 atom stereocenters. The maximum Gasteiger partial charge on any atom is 0.240 e. The van der Waals surface area contributed by atoms with Crippen LogP contribution in [0.4, 0.5) is 0 Å². The van der Waals surface area contributed by atoms with Crippen molar-refractivity contribution < 1.29 is 14.7 Å². The van der Waals surface area contributed by atoms with E-state index in [9.17, 15) is 0 Å². The van der Waals surface area contributed by atoms with Crippen LogP contribution in [0, 0.1) is 0 Å². The average molecular weight is 243 g/mol.